The quantitative estimate of drug-likeness (QED) is 0.864. The molecule has 2 nitrogen and oxygen atoms in total. The molecule has 0 aliphatic rings. The van der Waals surface area contributed by atoms with Crippen LogP contribution in [0.15, 0.2) is 36.4 Å². The Morgan fingerprint density at radius 2 is 1.11 bits per heavy atom. The van der Waals surface area contributed by atoms with Crippen molar-refractivity contribution in [3.8, 4) is 11.5 Å². The van der Waals surface area contributed by atoms with Crippen LogP contribution in [0.1, 0.15) is 22.3 Å². The second-order valence-corrected chi connectivity index (χ2v) is 4.62. The van der Waals surface area contributed by atoms with Crippen LogP contribution in [-0.4, -0.2) is 10.2 Å². The molecule has 0 fully saturated rings. The van der Waals surface area contributed by atoms with Gasteiger partial charge in [0.25, 0.3) is 0 Å². The first-order chi connectivity index (χ1) is 8.59. The van der Waals surface area contributed by atoms with Crippen LogP contribution in [0, 0.1) is 13.8 Å². The van der Waals surface area contributed by atoms with Gasteiger partial charge in [0.1, 0.15) is 11.5 Å². The van der Waals surface area contributed by atoms with Crippen LogP contribution < -0.4 is 0 Å². The molecule has 0 amide bonds. The number of rotatable bonds is 3. The average Bonchev–Trinajstić information content (AvgIpc) is 2.36. The maximum atomic E-state index is 9.66. The van der Waals surface area contributed by atoms with Crippen LogP contribution in [0.2, 0.25) is 0 Å². The van der Waals surface area contributed by atoms with Crippen LogP contribution in [0.4, 0.5) is 0 Å². The Kier molecular flexibility index (Phi) is 3.56. The minimum Gasteiger partial charge on any atom is -0.508 e. The third-order valence-electron chi connectivity index (χ3n) is 3.50. The molecule has 0 aromatic heterocycles. The minimum absolute atomic E-state index is 0.347. The maximum absolute atomic E-state index is 9.66. The molecule has 0 bridgehead atoms. The van der Waals surface area contributed by atoms with Crippen molar-refractivity contribution in [3.05, 3.63) is 58.7 Å². The van der Waals surface area contributed by atoms with Gasteiger partial charge in [-0.15, -0.1) is 0 Å². The Balaban J connectivity index is 2.17. The molecular weight excluding hydrogens is 224 g/mol. The first-order valence-electron chi connectivity index (χ1n) is 6.14. The van der Waals surface area contributed by atoms with E-state index in [1.54, 1.807) is 12.1 Å². The van der Waals surface area contributed by atoms with Crippen LogP contribution in [-0.2, 0) is 12.8 Å². The zero-order valence-electron chi connectivity index (χ0n) is 10.8. The Morgan fingerprint density at radius 3 is 1.50 bits per heavy atom. The summed E-state index contributed by atoms with van der Waals surface area (Å²) in [4.78, 5) is 0. The highest BCUT2D eigenvalue weighted by Gasteiger charge is 2.06. The lowest BCUT2D eigenvalue weighted by Crippen LogP contribution is -1.96. The highest BCUT2D eigenvalue weighted by atomic mass is 16.3. The molecule has 0 radical (unpaired) electrons. The molecule has 0 aliphatic heterocycles. The van der Waals surface area contributed by atoms with E-state index in [-0.39, 0.29) is 0 Å². The molecule has 2 aromatic carbocycles. The topological polar surface area (TPSA) is 40.5 Å². The van der Waals surface area contributed by atoms with Gasteiger partial charge in [-0.05, 0) is 61.1 Å². The first-order valence-corrected chi connectivity index (χ1v) is 6.14. The van der Waals surface area contributed by atoms with Crippen molar-refractivity contribution in [2.24, 2.45) is 0 Å². The second-order valence-electron chi connectivity index (χ2n) is 4.62. The van der Waals surface area contributed by atoms with E-state index in [0.29, 0.717) is 11.5 Å². The molecule has 2 rings (SSSR count). The molecule has 2 N–H and O–H groups in total. The smallest absolute Gasteiger partial charge is 0.118 e. The third kappa shape index (κ3) is 2.48. The molecular formula is C16H18O2. The number of hydrogen-bond donors (Lipinski definition) is 2. The molecule has 2 aromatic rings. The lowest BCUT2D eigenvalue weighted by Gasteiger charge is -2.10. The van der Waals surface area contributed by atoms with E-state index in [9.17, 15) is 10.2 Å². The van der Waals surface area contributed by atoms with E-state index < -0.39 is 0 Å². The summed E-state index contributed by atoms with van der Waals surface area (Å²) in [6.07, 6.45) is 1.73. The van der Waals surface area contributed by atoms with Crippen LogP contribution >= 0.6 is 0 Å². The third-order valence-corrected chi connectivity index (χ3v) is 3.50. The number of aryl methyl sites for hydroxylation is 2. The predicted molar refractivity (Wildman–Crippen MR) is 73.1 cm³/mol. The van der Waals surface area contributed by atoms with Crippen LogP contribution in [0.3, 0.4) is 0 Å². The van der Waals surface area contributed by atoms with Crippen molar-refractivity contribution in [2.45, 2.75) is 26.7 Å². The highest BCUT2D eigenvalue weighted by Crippen LogP contribution is 2.24. The van der Waals surface area contributed by atoms with Gasteiger partial charge < -0.3 is 10.2 Å². The minimum atomic E-state index is 0.347. The van der Waals surface area contributed by atoms with Crippen molar-refractivity contribution in [2.75, 3.05) is 0 Å². The van der Waals surface area contributed by atoms with Gasteiger partial charge in [0.05, 0.1) is 0 Å². The standard InChI is InChI=1S/C16H18O2/c1-11-13(5-3-7-15(11)17)9-10-14-6-4-8-16(18)12(14)2/h3-8,17-18H,9-10H2,1-2H3. The van der Waals surface area contributed by atoms with E-state index >= 15 is 0 Å². The largest absolute Gasteiger partial charge is 0.508 e. The fraction of sp³-hybridized carbons (Fsp3) is 0.250. The molecule has 0 atom stereocenters. The Morgan fingerprint density at radius 1 is 0.722 bits per heavy atom. The molecule has 94 valence electrons. The molecule has 0 aliphatic carbocycles. The number of phenols is 2. The SMILES string of the molecule is Cc1c(O)cccc1CCc1cccc(O)c1C. The number of aromatic hydroxyl groups is 2. The predicted octanol–water partition coefficient (Wildman–Crippen LogP) is 3.50. The lowest BCUT2D eigenvalue weighted by molar-refractivity contribution is 0.468. The zero-order chi connectivity index (χ0) is 13.1. The summed E-state index contributed by atoms with van der Waals surface area (Å²) in [5, 5.41) is 19.3. The molecule has 0 heterocycles. The summed E-state index contributed by atoms with van der Waals surface area (Å²) < 4.78 is 0. The van der Waals surface area contributed by atoms with E-state index in [2.05, 4.69) is 0 Å². The van der Waals surface area contributed by atoms with Crippen molar-refractivity contribution < 1.29 is 10.2 Å². The Hall–Kier alpha value is -1.96. The fourth-order valence-corrected chi connectivity index (χ4v) is 2.15. The van der Waals surface area contributed by atoms with Gasteiger partial charge in [-0.25, -0.2) is 0 Å². The van der Waals surface area contributed by atoms with E-state index in [0.717, 1.165) is 35.1 Å². The normalized spacial score (nSPS) is 10.6. The van der Waals surface area contributed by atoms with Gasteiger partial charge in [-0.3, -0.25) is 0 Å². The van der Waals surface area contributed by atoms with Gasteiger partial charge in [0, 0.05) is 0 Å². The summed E-state index contributed by atoms with van der Waals surface area (Å²) in [5.41, 5.74) is 4.18. The van der Waals surface area contributed by atoms with E-state index in [4.69, 9.17) is 0 Å². The molecule has 18 heavy (non-hydrogen) atoms. The highest BCUT2D eigenvalue weighted by molar-refractivity contribution is 5.41. The van der Waals surface area contributed by atoms with Gasteiger partial charge in [0.2, 0.25) is 0 Å². The van der Waals surface area contributed by atoms with Crippen molar-refractivity contribution in [1.29, 1.82) is 0 Å². The number of phenolic OH excluding ortho intramolecular Hbond substituents is 2. The maximum Gasteiger partial charge on any atom is 0.118 e. The zero-order valence-corrected chi connectivity index (χ0v) is 10.8. The summed E-state index contributed by atoms with van der Waals surface area (Å²) in [5.74, 6) is 0.695. The Bertz CT molecular complexity index is 508. The van der Waals surface area contributed by atoms with E-state index in [1.165, 1.54) is 0 Å². The molecule has 0 spiro atoms. The van der Waals surface area contributed by atoms with Crippen LogP contribution in [0.25, 0.3) is 0 Å². The Labute approximate surface area is 108 Å². The van der Waals surface area contributed by atoms with Crippen molar-refractivity contribution in [3.63, 3.8) is 0 Å². The van der Waals surface area contributed by atoms with E-state index in [1.807, 2.05) is 38.1 Å². The van der Waals surface area contributed by atoms with Gasteiger partial charge >= 0.3 is 0 Å². The first kappa shape index (κ1) is 12.5. The summed E-state index contributed by atoms with van der Waals surface area (Å²) in [6, 6.07) is 11.2. The molecule has 2 heteroatoms. The average molecular weight is 242 g/mol. The molecule has 0 saturated heterocycles. The number of hydrogen-bond acceptors (Lipinski definition) is 2. The lowest BCUT2D eigenvalue weighted by atomic mass is 9.97. The second kappa shape index (κ2) is 5.13. The van der Waals surface area contributed by atoms with Gasteiger partial charge in [0.15, 0.2) is 0 Å². The molecule has 0 saturated carbocycles. The number of benzene rings is 2. The van der Waals surface area contributed by atoms with Crippen molar-refractivity contribution >= 4 is 0 Å². The summed E-state index contributed by atoms with van der Waals surface area (Å²) in [6.45, 7) is 3.86. The monoisotopic (exact) mass is 242 g/mol. The van der Waals surface area contributed by atoms with Gasteiger partial charge in [-0.2, -0.15) is 0 Å². The van der Waals surface area contributed by atoms with Crippen molar-refractivity contribution in [1.82, 2.24) is 0 Å². The summed E-state index contributed by atoms with van der Waals surface area (Å²) >= 11 is 0. The van der Waals surface area contributed by atoms with Gasteiger partial charge in [-0.1, -0.05) is 24.3 Å². The molecule has 0 unspecified atom stereocenters. The summed E-state index contributed by atoms with van der Waals surface area (Å²) in [7, 11) is 0. The van der Waals surface area contributed by atoms with Crippen LogP contribution in [0.5, 0.6) is 11.5 Å². The fourth-order valence-electron chi connectivity index (χ4n) is 2.15.